The number of aryl methyl sites for hydroxylation is 1. The molecule has 0 bridgehead atoms. The summed E-state index contributed by atoms with van der Waals surface area (Å²) in [5, 5.41) is 20.6. The van der Waals surface area contributed by atoms with Crippen LogP contribution >= 0.6 is 0 Å². The van der Waals surface area contributed by atoms with Crippen LogP contribution in [0.2, 0.25) is 0 Å². The first kappa shape index (κ1) is 15.3. The van der Waals surface area contributed by atoms with Gasteiger partial charge in [0.2, 0.25) is 0 Å². The van der Waals surface area contributed by atoms with Gasteiger partial charge >= 0.3 is 6.03 Å². The second kappa shape index (κ2) is 7.01. The van der Waals surface area contributed by atoms with Crippen molar-refractivity contribution in [1.29, 1.82) is 10.5 Å². The van der Waals surface area contributed by atoms with Crippen LogP contribution in [0.15, 0.2) is 12.1 Å². The van der Waals surface area contributed by atoms with Crippen LogP contribution in [-0.2, 0) is 0 Å². The number of hydrogen-bond acceptors (Lipinski definition) is 4. The number of nitriles is 2. The van der Waals surface area contributed by atoms with Gasteiger partial charge in [-0.25, -0.2) is 4.79 Å². The molecule has 1 aromatic carbocycles. The van der Waals surface area contributed by atoms with E-state index in [9.17, 15) is 4.79 Å². The first-order valence-electron chi connectivity index (χ1n) is 6.22. The molecule has 1 aromatic rings. The summed E-state index contributed by atoms with van der Waals surface area (Å²) < 4.78 is 0. The molecule has 0 saturated carbocycles. The van der Waals surface area contributed by atoms with Crippen molar-refractivity contribution in [2.75, 3.05) is 12.0 Å². The van der Waals surface area contributed by atoms with Gasteiger partial charge in [-0.15, -0.1) is 0 Å². The average molecular weight is 271 g/mol. The standard InChI is InChI=1S/C14H17N5O/c1-9(2)8-17-14(20)19-18-13-5-12(7-16)11(6-15)4-10(13)3/h4-5,9,18H,8H2,1-3H3,(H2,17,19,20). The highest BCUT2D eigenvalue weighted by atomic mass is 16.2. The molecule has 6 nitrogen and oxygen atoms in total. The highest BCUT2D eigenvalue weighted by Crippen LogP contribution is 2.19. The number of carbonyl (C=O) groups excluding carboxylic acids is 1. The molecule has 1 rings (SSSR count). The SMILES string of the molecule is Cc1cc(C#N)c(C#N)cc1NNC(=O)NCC(C)C. The van der Waals surface area contributed by atoms with Crippen LogP contribution in [0.5, 0.6) is 0 Å². The van der Waals surface area contributed by atoms with E-state index in [-0.39, 0.29) is 11.6 Å². The number of benzene rings is 1. The minimum absolute atomic E-state index is 0.269. The van der Waals surface area contributed by atoms with Gasteiger partial charge in [0.15, 0.2) is 0 Å². The molecule has 104 valence electrons. The maximum Gasteiger partial charge on any atom is 0.333 e. The van der Waals surface area contributed by atoms with Crippen molar-refractivity contribution in [1.82, 2.24) is 10.7 Å². The molecule has 0 unspecified atom stereocenters. The number of hydrogen-bond donors (Lipinski definition) is 3. The Hall–Kier alpha value is -2.73. The van der Waals surface area contributed by atoms with Crippen molar-refractivity contribution in [3.8, 4) is 12.1 Å². The molecule has 2 amide bonds. The van der Waals surface area contributed by atoms with Crippen molar-refractivity contribution >= 4 is 11.7 Å². The molecule has 0 saturated heterocycles. The van der Waals surface area contributed by atoms with Crippen LogP contribution in [0.25, 0.3) is 0 Å². The summed E-state index contributed by atoms with van der Waals surface area (Å²) in [6, 6.07) is 6.71. The second-order valence-corrected chi connectivity index (χ2v) is 4.79. The van der Waals surface area contributed by atoms with Crippen LogP contribution in [-0.4, -0.2) is 12.6 Å². The van der Waals surface area contributed by atoms with E-state index in [0.29, 0.717) is 23.7 Å². The van der Waals surface area contributed by atoms with Crippen molar-refractivity contribution in [2.45, 2.75) is 20.8 Å². The lowest BCUT2D eigenvalue weighted by Crippen LogP contribution is -2.40. The number of nitrogens with zero attached hydrogens (tertiary/aromatic N) is 2. The molecule has 0 radical (unpaired) electrons. The Balaban J connectivity index is 2.72. The van der Waals surface area contributed by atoms with Gasteiger partial charge in [0.25, 0.3) is 0 Å². The fourth-order valence-electron chi connectivity index (χ4n) is 1.49. The fraction of sp³-hybridized carbons (Fsp3) is 0.357. The monoisotopic (exact) mass is 271 g/mol. The van der Waals surface area contributed by atoms with Crippen molar-refractivity contribution in [3.05, 3.63) is 28.8 Å². The molecule has 6 heteroatoms. The van der Waals surface area contributed by atoms with E-state index in [1.807, 2.05) is 26.0 Å². The molecule has 0 atom stereocenters. The predicted molar refractivity (Wildman–Crippen MR) is 75.6 cm³/mol. The number of hydrazine groups is 1. The predicted octanol–water partition coefficient (Wildman–Crippen LogP) is 2.02. The Morgan fingerprint density at radius 1 is 1.25 bits per heavy atom. The third-order valence-electron chi connectivity index (χ3n) is 2.59. The first-order chi connectivity index (χ1) is 9.47. The minimum Gasteiger partial charge on any atom is -0.336 e. The summed E-state index contributed by atoms with van der Waals surface area (Å²) in [7, 11) is 0. The lowest BCUT2D eigenvalue weighted by molar-refractivity contribution is 0.241. The molecule has 0 spiro atoms. The Labute approximate surface area is 118 Å². The Morgan fingerprint density at radius 3 is 2.40 bits per heavy atom. The highest BCUT2D eigenvalue weighted by molar-refractivity contribution is 5.76. The summed E-state index contributed by atoms with van der Waals surface area (Å²) in [4.78, 5) is 11.5. The molecule has 0 fully saturated rings. The van der Waals surface area contributed by atoms with Gasteiger partial charge in [0, 0.05) is 6.54 Å². The third-order valence-corrected chi connectivity index (χ3v) is 2.59. The van der Waals surface area contributed by atoms with Gasteiger partial charge in [0.1, 0.15) is 12.1 Å². The molecule has 0 aliphatic heterocycles. The van der Waals surface area contributed by atoms with E-state index >= 15 is 0 Å². The minimum atomic E-state index is -0.346. The number of nitrogens with one attached hydrogen (secondary N) is 3. The molecule has 0 aromatic heterocycles. The lowest BCUT2D eigenvalue weighted by Gasteiger charge is -2.13. The van der Waals surface area contributed by atoms with Gasteiger partial charge in [-0.3, -0.25) is 10.9 Å². The van der Waals surface area contributed by atoms with Gasteiger partial charge in [0.05, 0.1) is 16.8 Å². The summed E-state index contributed by atoms with van der Waals surface area (Å²) in [6.07, 6.45) is 0. The maximum atomic E-state index is 11.5. The van der Waals surface area contributed by atoms with E-state index in [0.717, 1.165) is 5.56 Å². The Bertz CT molecular complexity index is 580. The molecule has 20 heavy (non-hydrogen) atoms. The van der Waals surface area contributed by atoms with Crippen LogP contribution < -0.4 is 16.2 Å². The van der Waals surface area contributed by atoms with Gasteiger partial charge in [-0.05, 0) is 30.5 Å². The Morgan fingerprint density at radius 2 is 1.85 bits per heavy atom. The smallest absolute Gasteiger partial charge is 0.333 e. The largest absolute Gasteiger partial charge is 0.336 e. The first-order valence-corrected chi connectivity index (χ1v) is 6.22. The van der Waals surface area contributed by atoms with Crippen LogP contribution in [0.3, 0.4) is 0 Å². The van der Waals surface area contributed by atoms with Gasteiger partial charge in [-0.2, -0.15) is 10.5 Å². The zero-order valence-electron chi connectivity index (χ0n) is 11.7. The normalized spacial score (nSPS) is 9.50. The van der Waals surface area contributed by atoms with Crippen LogP contribution in [0.1, 0.15) is 30.5 Å². The molecule has 3 N–H and O–H groups in total. The van der Waals surface area contributed by atoms with Crippen LogP contribution in [0, 0.1) is 35.5 Å². The number of urea groups is 1. The van der Waals surface area contributed by atoms with E-state index < -0.39 is 0 Å². The zero-order valence-corrected chi connectivity index (χ0v) is 11.7. The highest BCUT2D eigenvalue weighted by Gasteiger charge is 2.08. The number of anilines is 1. The zero-order chi connectivity index (χ0) is 15.1. The second-order valence-electron chi connectivity index (χ2n) is 4.79. The Kier molecular flexibility index (Phi) is 5.37. The number of amides is 2. The fourth-order valence-corrected chi connectivity index (χ4v) is 1.49. The maximum absolute atomic E-state index is 11.5. The molecule has 0 aliphatic rings. The van der Waals surface area contributed by atoms with Gasteiger partial charge in [-0.1, -0.05) is 13.8 Å². The quantitative estimate of drug-likeness (QED) is 0.729. The summed E-state index contributed by atoms with van der Waals surface area (Å²) in [5.41, 5.74) is 7.17. The number of carbonyl (C=O) groups is 1. The molecular formula is C14H17N5O. The van der Waals surface area contributed by atoms with E-state index in [2.05, 4.69) is 16.2 Å². The van der Waals surface area contributed by atoms with E-state index in [4.69, 9.17) is 10.5 Å². The van der Waals surface area contributed by atoms with Crippen LogP contribution in [0.4, 0.5) is 10.5 Å². The van der Waals surface area contributed by atoms with Crippen molar-refractivity contribution in [3.63, 3.8) is 0 Å². The molecule has 0 heterocycles. The summed E-state index contributed by atoms with van der Waals surface area (Å²) in [6.45, 7) is 6.36. The number of rotatable bonds is 4. The topological polar surface area (TPSA) is 101 Å². The third kappa shape index (κ3) is 4.18. The summed E-state index contributed by atoms with van der Waals surface area (Å²) in [5.74, 6) is 0.364. The average Bonchev–Trinajstić information content (AvgIpc) is 2.43. The van der Waals surface area contributed by atoms with Crippen molar-refractivity contribution < 1.29 is 4.79 Å². The lowest BCUT2D eigenvalue weighted by atomic mass is 10.0. The molecular weight excluding hydrogens is 254 g/mol. The van der Waals surface area contributed by atoms with E-state index in [1.54, 1.807) is 13.0 Å². The summed E-state index contributed by atoms with van der Waals surface area (Å²) >= 11 is 0. The van der Waals surface area contributed by atoms with Crippen molar-refractivity contribution in [2.24, 2.45) is 5.92 Å². The van der Waals surface area contributed by atoms with Gasteiger partial charge < -0.3 is 5.32 Å². The molecule has 0 aliphatic carbocycles. The van der Waals surface area contributed by atoms with E-state index in [1.165, 1.54) is 6.07 Å².